The summed E-state index contributed by atoms with van der Waals surface area (Å²) in [7, 11) is 0. The standard InChI is InChI=1S/C22H27N3O3/c1-17-6-7-21(28-17)20(25-12-14-27-15-13-25)16-23-22(26)9-11-24-10-8-18-4-2-3-5-19(18)24/h2-8,10,20H,9,11-16H2,1H3,(H,23,26). The molecule has 1 fully saturated rings. The number of para-hydroxylation sites is 1. The minimum Gasteiger partial charge on any atom is -0.465 e. The van der Waals surface area contributed by atoms with Crippen molar-refractivity contribution in [2.75, 3.05) is 32.8 Å². The van der Waals surface area contributed by atoms with Gasteiger partial charge in [0, 0.05) is 44.3 Å². The number of hydrogen-bond donors (Lipinski definition) is 1. The summed E-state index contributed by atoms with van der Waals surface area (Å²) in [6.45, 7) is 6.26. The van der Waals surface area contributed by atoms with Gasteiger partial charge in [-0.2, -0.15) is 0 Å². The van der Waals surface area contributed by atoms with Crippen LogP contribution >= 0.6 is 0 Å². The predicted octanol–water partition coefficient (Wildman–Crippen LogP) is 3.12. The fourth-order valence-corrected chi connectivity index (χ4v) is 3.79. The zero-order valence-electron chi connectivity index (χ0n) is 16.3. The highest BCUT2D eigenvalue weighted by Crippen LogP contribution is 2.23. The Hall–Kier alpha value is -2.57. The largest absolute Gasteiger partial charge is 0.465 e. The van der Waals surface area contributed by atoms with Crippen LogP contribution in [-0.2, 0) is 16.1 Å². The van der Waals surface area contributed by atoms with Gasteiger partial charge in [-0.3, -0.25) is 9.69 Å². The Kier molecular flexibility index (Phi) is 5.78. The maximum atomic E-state index is 12.5. The van der Waals surface area contributed by atoms with Crippen molar-refractivity contribution < 1.29 is 13.9 Å². The fourth-order valence-electron chi connectivity index (χ4n) is 3.79. The average molecular weight is 381 g/mol. The number of fused-ring (bicyclic) bond motifs is 1. The van der Waals surface area contributed by atoms with Gasteiger partial charge in [0.25, 0.3) is 0 Å². The number of rotatable bonds is 7. The van der Waals surface area contributed by atoms with Crippen molar-refractivity contribution in [1.82, 2.24) is 14.8 Å². The van der Waals surface area contributed by atoms with Gasteiger partial charge in [-0.25, -0.2) is 0 Å². The number of carbonyl (C=O) groups is 1. The molecule has 6 heteroatoms. The molecule has 0 bridgehead atoms. The molecule has 28 heavy (non-hydrogen) atoms. The summed E-state index contributed by atoms with van der Waals surface area (Å²) in [6, 6.07) is 14.3. The molecule has 1 unspecified atom stereocenters. The van der Waals surface area contributed by atoms with Crippen LogP contribution in [0.4, 0.5) is 0 Å². The SMILES string of the molecule is Cc1ccc(C(CNC(=O)CCn2ccc3ccccc32)N2CCOCC2)o1. The van der Waals surface area contributed by atoms with Crippen molar-refractivity contribution in [3.8, 4) is 0 Å². The lowest BCUT2D eigenvalue weighted by molar-refractivity contribution is -0.121. The van der Waals surface area contributed by atoms with Crippen LogP contribution in [0.25, 0.3) is 10.9 Å². The van der Waals surface area contributed by atoms with E-state index < -0.39 is 0 Å². The summed E-state index contributed by atoms with van der Waals surface area (Å²) < 4.78 is 13.5. The van der Waals surface area contributed by atoms with Crippen LogP contribution in [0.3, 0.4) is 0 Å². The third-order valence-corrected chi connectivity index (χ3v) is 5.33. The van der Waals surface area contributed by atoms with Gasteiger partial charge >= 0.3 is 0 Å². The molecule has 1 aromatic carbocycles. The van der Waals surface area contributed by atoms with Crippen LogP contribution in [0.2, 0.25) is 0 Å². The van der Waals surface area contributed by atoms with E-state index in [4.69, 9.17) is 9.15 Å². The van der Waals surface area contributed by atoms with Crippen LogP contribution in [0.5, 0.6) is 0 Å². The Bertz CT molecular complexity index is 924. The molecule has 1 aliphatic rings. The van der Waals surface area contributed by atoms with Crippen molar-refractivity contribution in [1.29, 1.82) is 0 Å². The summed E-state index contributed by atoms with van der Waals surface area (Å²) in [5.41, 5.74) is 1.16. The molecule has 0 aliphatic carbocycles. The molecule has 3 heterocycles. The average Bonchev–Trinajstić information content (AvgIpc) is 3.34. The van der Waals surface area contributed by atoms with Crippen molar-refractivity contribution in [3.63, 3.8) is 0 Å². The summed E-state index contributed by atoms with van der Waals surface area (Å²) >= 11 is 0. The lowest BCUT2D eigenvalue weighted by Crippen LogP contribution is -2.43. The van der Waals surface area contributed by atoms with Crippen LogP contribution in [0.1, 0.15) is 24.0 Å². The third kappa shape index (κ3) is 4.29. The fraction of sp³-hybridized carbons (Fsp3) is 0.409. The number of ether oxygens (including phenoxy) is 1. The molecule has 1 amide bonds. The van der Waals surface area contributed by atoms with Gasteiger partial charge in [-0.1, -0.05) is 18.2 Å². The molecule has 0 saturated carbocycles. The van der Waals surface area contributed by atoms with Crippen LogP contribution in [0.15, 0.2) is 53.1 Å². The van der Waals surface area contributed by atoms with Gasteiger partial charge in [0.05, 0.1) is 19.3 Å². The second kappa shape index (κ2) is 8.63. The minimum absolute atomic E-state index is 0.0361. The first-order valence-electron chi connectivity index (χ1n) is 9.89. The van der Waals surface area contributed by atoms with E-state index in [0.717, 1.165) is 30.1 Å². The van der Waals surface area contributed by atoms with Crippen LogP contribution in [-0.4, -0.2) is 48.2 Å². The summed E-state index contributed by atoms with van der Waals surface area (Å²) in [5.74, 6) is 1.84. The number of aromatic nitrogens is 1. The predicted molar refractivity (Wildman–Crippen MR) is 108 cm³/mol. The van der Waals surface area contributed by atoms with E-state index in [1.807, 2.05) is 37.4 Å². The molecule has 1 aliphatic heterocycles. The second-order valence-electron chi connectivity index (χ2n) is 7.23. The molecular weight excluding hydrogens is 354 g/mol. The molecule has 6 nitrogen and oxygen atoms in total. The number of furan rings is 1. The Balaban J connectivity index is 1.35. The van der Waals surface area contributed by atoms with Crippen molar-refractivity contribution >= 4 is 16.8 Å². The van der Waals surface area contributed by atoms with E-state index in [9.17, 15) is 4.79 Å². The van der Waals surface area contributed by atoms with E-state index in [-0.39, 0.29) is 11.9 Å². The molecule has 1 N–H and O–H groups in total. The normalized spacial score (nSPS) is 16.3. The van der Waals surface area contributed by atoms with Crippen molar-refractivity contribution in [2.45, 2.75) is 25.9 Å². The van der Waals surface area contributed by atoms with E-state index in [0.29, 0.717) is 32.7 Å². The molecule has 2 aromatic heterocycles. The first-order chi connectivity index (χ1) is 13.7. The number of morpholine rings is 1. The number of nitrogens with one attached hydrogen (secondary N) is 1. The number of carbonyl (C=O) groups excluding carboxylic acids is 1. The topological polar surface area (TPSA) is 59.6 Å². The van der Waals surface area contributed by atoms with Crippen LogP contribution in [0, 0.1) is 6.92 Å². The number of amides is 1. The van der Waals surface area contributed by atoms with E-state index in [1.165, 1.54) is 5.39 Å². The Morgan fingerprint density at radius 1 is 1.14 bits per heavy atom. The molecule has 1 saturated heterocycles. The van der Waals surface area contributed by atoms with E-state index >= 15 is 0 Å². The molecule has 3 aromatic rings. The Labute approximate surface area is 165 Å². The molecular formula is C22H27N3O3. The maximum absolute atomic E-state index is 12.5. The number of benzene rings is 1. The number of nitrogens with zero attached hydrogens (tertiary/aromatic N) is 2. The van der Waals surface area contributed by atoms with Crippen molar-refractivity contribution in [3.05, 3.63) is 60.2 Å². The van der Waals surface area contributed by atoms with Gasteiger partial charge in [0.15, 0.2) is 0 Å². The Morgan fingerprint density at radius 3 is 2.75 bits per heavy atom. The summed E-state index contributed by atoms with van der Waals surface area (Å²) in [5, 5.41) is 4.30. The highest BCUT2D eigenvalue weighted by molar-refractivity contribution is 5.80. The number of aryl methyl sites for hydroxylation is 2. The molecule has 0 spiro atoms. The van der Waals surface area contributed by atoms with Gasteiger partial charge in [0.1, 0.15) is 11.5 Å². The quantitative estimate of drug-likeness (QED) is 0.683. The first kappa shape index (κ1) is 18.8. The van der Waals surface area contributed by atoms with Crippen molar-refractivity contribution in [2.24, 2.45) is 0 Å². The smallest absolute Gasteiger partial charge is 0.221 e. The summed E-state index contributed by atoms with van der Waals surface area (Å²) in [6.07, 6.45) is 2.49. The zero-order chi connectivity index (χ0) is 19.3. The Morgan fingerprint density at radius 2 is 1.96 bits per heavy atom. The van der Waals surface area contributed by atoms with Gasteiger partial charge < -0.3 is 19.0 Å². The third-order valence-electron chi connectivity index (χ3n) is 5.33. The van der Waals surface area contributed by atoms with E-state index in [1.54, 1.807) is 0 Å². The highest BCUT2D eigenvalue weighted by Gasteiger charge is 2.25. The van der Waals surface area contributed by atoms with Gasteiger partial charge in [-0.05, 0) is 36.6 Å². The van der Waals surface area contributed by atoms with E-state index in [2.05, 4.69) is 33.0 Å². The number of hydrogen-bond acceptors (Lipinski definition) is 4. The lowest BCUT2D eigenvalue weighted by atomic mass is 10.1. The molecule has 1 atom stereocenters. The summed E-state index contributed by atoms with van der Waals surface area (Å²) in [4.78, 5) is 14.8. The first-order valence-corrected chi connectivity index (χ1v) is 9.89. The lowest BCUT2D eigenvalue weighted by Gasteiger charge is -2.33. The highest BCUT2D eigenvalue weighted by atomic mass is 16.5. The zero-order valence-corrected chi connectivity index (χ0v) is 16.3. The van der Waals surface area contributed by atoms with Crippen LogP contribution < -0.4 is 5.32 Å². The molecule has 148 valence electrons. The second-order valence-corrected chi connectivity index (χ2v) is 7.23. The van der Waals surface area contributed by atoms with Gasteiger partial charge in [0.2, 0.25) is 5.91 Å². The van der Waals surface area contributed by atoms with Gasteiger partial charge in [-0.15, -0.1) is 0 Å². The monoisotopic (exact) mass is 381 g/mol. The molecule has 0 radical (unpaired) electrons. The minimum atomic E-state index is 0.0361. The molecule has 4 rings (SSSR count). The maximum Gasteiger partial charge on any atom is 0.221 e.